The van der Waals surface area contributed by atoms with Gasteiger partial charge in [0, 0.05) is 23.7 Å². The van der Waals surface area contributed by atoms with Crippen molar-refractivity contribution in [3.63, 3.8) is 0 Å². The van der Waals surface area contributed by atoms with Crippen LogP contribution in [0.5, 0.6) is 0 Å². The molecule has 2 aromatic rings. The number of benzene rings is 2. The summed E-state index contributed by atoms with van der Waals surface area (Å²) in [5.41, 5.74) is 7.18. The Hall–Kier alpha value is -3.15. The van der Waals surface area contributed by atoms with Crippen molar-refractivity contribution in [1.29, 1.82) is 0 Å². The van der Waals surface area contributed by atoms with Crippen molar-refractivity contribution in [3.05, 3.63) is 65.2 Å². The van der Waals surface area contributed by atoms with Gasteiger partial charge in [-0.15, -0.1) is 0 Å². The van der Waals surface area contributed by atoms with Crippen LogP contribution in [0.4, 0.5) is 5.69 Å². The summed E-state index contributed by atoms with van der Waals surface area (Å²) >= 11 is 0. The summed E-state index contributed by atoms with van der Waals surface area (Å²) < 4.78 is 0. The van der Waals surface area contributed by atoms with E-state index in [0.29, 0.717) is 16.8 Å². The highest BCUT2D eigenvalue weighted by atomic mass is 16.2. The Bertz CT molecular complexity index is 804. The predicted molar refractivity (Wildman–Crippen MR) is 101 cm³/mol. The van der Waals surface area contributed by atoms with E-state index in [4.69, 9.17) is 0 Å². The minimum atomic E-state index is -0.434. The highest BCUT2D eigenvalue weighted by Gasteiger charge is 2.14. The first-order valence-corrected chi connectivity index (χ1v) is 8.26. The van der Waals surface area contributed by atoms with Gasteiger partial charge >= 0.3 is 0 Å². The van der Waals surface area contributed by atoms with Gasteiger partial charge in [-0.05, 0) is 47.4 Å². The minimum absolute atomic E-state index is 0.0304. The number of anilines is 1. The molecule has 0 atom stereocenters. The molecule has 0 spiro atoms. The quantitative estimate of drug-likeness (QED) is 0.741. The number of nitrogens with one attached hydrogen (secondary N) is 3. The summed E-state index contributed by atoms with van der Waals surface area (Å²) in [6.07, 6.45) is 0. The molecular formula is C20H23N3O3. The number of carbonyl (C=O) groups is 3. The van der Waals surface area contributed by atoms with Crippen molar-refractivity contribution in [2.45, 2.75) is 33.1 Å². The maximum atomic E-state index is 12.3. The standard InChI is InChI=1S/C20H23N3O3/c1-13(24)22-23-19(26)15-7-11-17(12-8-15)21-18(25)14-5-9-16(10-6-14)20(2,3)4/h5-12H,1-4H3,(H,21,25)(H,22,24)(H,23,26). The predicted octanol–water partition coefficient (Wildman–Crippen LogP) is 3.02. The minimum Gasteiger partial charge on any atom is -0.322 e. The van der Waals surface area contributed by atoms with E-state index in [9.17, 15) is 14.4 Å². The van der Waals surface area contributed by atoms with Crippen LogP contribution in [0.1, 0.15) is 54.0 Å². The molecule has 6 heteroatoms. The van der Waals surface area contributed by atoms with E-state index in [2.05, 4.69) is 36.9 Å². The second-order valence-electron chi connectivity index (χ2n) is 6.99. The number of carbonyl (C=O) groups excluding carboxylic acids is 3. The molecule has 0 aliphatic rings. The van der Waals surface area contributed by atoms with Gasteiger partial charge < -0.3 is 5.32 Å². The summed E-state index contributed by atoms with van der Waals surface area (Å²) in [5, 5.41) is 2.79. The second kappa shape index (κ2) is 7.82. The van der Waals surface area contributed by atoms with Gasteiger partial charge in [-0.2, -0.15) is 0 Å². The van der Waals surface area contributed by atoms with Crippen molar-refractivity contribution in [2.24, 2.45) is 0 Å². The van der Waals surface area contributed by atoms with Gasteiger partial charge in [0.1, 0.15) is 0 Å². The van der Waals surface area contributed by atoms with E-state index in [-0.39, 0.29) is 17.2 Å². The molecule has 0 aromatic heterocycles. The first-order valence-electron chi connectivity index (χ1n) is 8.26. The van der Waals surface area contributed by atoms with E-state index in [1.54, 1.807) is 36.4 Å². The zero-order valence-electron chi connectivity index (χ0n) is 15.3. The average Bonchev–Trinajstić information content (AvgIpc) is 2.59. The maximum absolute atomic E-state index is 12.3. The molecule has 0 bridgehead atoms. The Labute approximate surface area is 153 Å². The lowest BCUT2D eigenvalue weighted by molar-refractivity contribution is -0.119. The molecule has 0 radical (unpaired) electrons. The molecule has 0 saturated heterocycles. The number of hydrazine groups is 1. The Morgan fingerprint density at radius 2 is 1.23 bits per heavy atom. The van der Waals surface area contributed by atoms with Gasteiger partial charge in [0.05, 0.1) is 0 Å². The molecule has 3 N–H and O–H groups in total. The van der Waals surface area contributed by atoms with Crippen molar-refractivity contribution in [2.75, 3.05) is 5.32 Å². The topological polar surface area (TPSA) is 87.3 Å². The van der Waals surface area contributed by atoms with Crippen LogP contribution in [0.25, 0.3) is 0 Å². The number of amides is 3. The number of hydrogen-bond donors (Lipinski definition) is 3. The summed E-state index contributed by atoms with van der Waals surface area (Å²) in [5.74, 6) is -1.02. The van der Waals surface area contributed by atoms with Crippen LogP contribution in [-0.2, 0) is 10.2 Å². The Morgan fingerprint density at radius 3 is 1.73 bits per heavy atom. The molecule has 0 fully saturated rings. The SMILES string of the molecule is CC(=O)NNC(=O)c1ccc(NC(=O)c2ccc(C(C)(C)C)cc2)cc1. The van der Waals surface area contributed by atoms with Gasteiger partial charge in [0.15, 0.2) is 0 Å². The highest BCUT2D eigenvalue weighted by molar-refractivity contribution is 6.04. The Balaban J connectivity index is 2.01. The third-order valence-corrected chi connectivity index (χ3v) is 3.77. The molecule has 0 heterocycles. The Morgan fingerprint density at radius 1 is 0.731 bits per heavy atom. The molecule has 0 aliphatic heterocycles. The van der Waals surface area contributed by atoms with Gasteiger partial charge in [-0.3, -0.25) is 25.2 Å². The number of hydrogen-bond acceptors (Lipinski definition) is 3. The second-order valence-corrected chi connectivity index (χ2v) is 6.99. The molecular weight excluding hydrogens is 330 g/mol. The van der Waals surface area contributed by atoms with E-state index >= 15 is 0 Å². The molecule has 3 amide bonds. The lowest BCUT2D eigenvalue weighted by atomic mass is 9.87. The van der Waals surface area contributed by atoms with Crippen LogP contribution in [0.15, 0.2) is 48.5 Å². The van der Waals surface area contributed by atoms with Gasteiger partial charge in [-0.1, -0.05) is 32.9 Å². The van der Waals surface area contributed by atoms with Crippen LogP contribution in [0, 0.1) is 0 Å². The molecule has 26 heavy (non-hydrogen) atoms. The molecule has 2 rings (SSSR count). The summed E-state index contributed by atoms with van der Waals surface area (Å²) in [6, 6.07) is 13.9. The largest absolute Gasteiger partial charge is 0.322 e. The van der Waals surface area contributed by atoms with Crippen molar-refractivity contribution in [3.8, 4) is 0 Å². The zero-order chi connectivity index (χ0) is 19.3. The zero-order valence-corrected chi connectivity index (χ0v) is 15.3. The highest BCUT2D eigenvalue weighted by Crippen LogP contribution is 2.22. The smallest absolute Gasteiger partial charge is 0.269 e. The number of rotatable bonds is 3. The first-order chi connectivity index (χ1) is 12.2. The van der Waals surface area contributed by atoms with E-state index in [1.165, 1.54) is 6.92 Å². The lowest BCUT2D eigenvalue weighted by Gasteiger charge is -2.19. The van der Waals surface area contributed by atoms with Crippen molar-refractivity contribution in [1.82, 2.24) is 10.9 Å². The van der Waals surface area contributed by atoms with E-state index in [0.717, 1.165) is 5.56 Å². The molecule has 2 aromatic carbocycles. The molecule has 0 saturated carbocycles. The van der Waals surface area contributed by atoms with Crippen LogP contribution in [0.3, 0.4) is 0 Å². The maximum Gasteiger partial charge on any atom is 0.269 e. The third kappa shape index (κ3) is 5.17. The fraction of sp³-hybridized carbons (Fsp3) is 0.250. The van der Waals surface area contributed by atoms with Crippen LogP contribution in [0.2, 0.25) is 0 Å². The monoisotopic (exact) mass is 353 g/mol. The van der Waals surface area contributed by atoms with Gasteiger partial charge in [0.2, 0.25) is 5.91 Å². The summed E-state index contributed by atoms with van der Waals surface area (Å²) in [6.45, 7) is 7.65. The average molecular weight is 353 g/mol. The normalized spacial score (nSPS) is 10.8. The molecule has 136 valence electrons. The Kier molecular flexibility index (Phi) is 5.77. The van der Waals surface area contributed by atoms with Gasteiger partial charge in [0.25, 0.3) is 11.8 Å². The van der Waals surface area contributed by atoms with Crippen LogP contribution >= 0.6 is 0 Å². The van der Waals surface area contributed by atoms with Crippen molar-refractivity contribution < 1.29 is 14.4 Å². The molecule has 0 aliphatic carbocycles. The van der Waals surface area contributed by atoms with Crippen LogP contribution in [-0.4, -0.2) is 17.7 Å². The fourth-order valence-electron chi connectivity index (χ4n) is 2.25. The molecule has 6 nitrogen and oxygen atoms in total. The summed E-state index contributed by atoms with van der Waals surface area (Å²) in [4.78, 5) is 34.9. The summed E-state index contributed by atoms with van der Waals surface area (Å²) in [7, 11) is 0. The van der Waals surface area contributed by atoms with E-state index < -0.39 is 5.91 Å². The third-order valence-electron chi connectivity index (χ3n) is 3.77. The first kappa shape index (κ1) is 19.2. The van der Waals surface area contributed by atoms with E-state index in [1.807, 2.05) is 12.1 Å². The van der Waals surface area contributed by atoms with Crippen molar-refractivity contribution >= 4 is 23.4 Å². The lowest BCUT2D eigenvalue weighted by Crippen LogP contribution is -2.40. The fourth-order valence-corrected chi connectivity index (χ4v) is 2.25. The van der Waals surface area contributed by atoms with Gasteiger partial charge in [-0.25, -0.2) is 0 Å². The van der Waals surface area contributed by atoms with Crippen LogP contribution < -0.4 is 16.2 Å². The molecule has 0 unspecified atom stereocenters.